The summed E-state index contributed by atoms with van der Waals surface area (Å²) < 4.78 is 2.37. The third-order valence-electron chi connectivity index (χ3n) is 7.16. The van der Waals surface area contributed by atoms with Gasteiger partial charge in [0.1, 0.15) is 0 Å². The monoisotopic (exact) mass is 502 g/mol. The Labute approximate surface area is 208 Å². The van der Waals surface area contributed by atoms with E-state index in [1.807, 2.05) is 0 Å². The minimum atomic E-state index is -0.830. The molecule has 0 radical (unpaired) electrons. The van der Waals surface area contributed by atoms with Gasteiger partial charge in [0.2, 0.25) is 0 Å². The molecule has 0 N–H and O–H groups in total. The molecule has 0 spiro atoms. The Balaban J connectivity index is 1.81. The van der Waals surface area contributed by atoms with E-state index in [0.717, 1.165) is 0 Å². The van der Waals surface area contributed by atoms with Crippen LogP contribution < -0.4 is 0 Å². The first kappa shape index (κ1) is 23.9. The van der Waals surface area contributed by atoms with Crippen molar-refractivity contribution >= 4 is 0 Å². The summed E-state index contributed by atoms with van der Waals surface area (Å²) in [6.07, 6.45) is 5.10. The van der Waals surface area contributed by atoms with Gasteiger partial charge >= 0.3 is 209 Å². The number of hydrogen-bond acceptors (Lipinski definition) is 0. The van der Waals surface area contributed by atoms with Gasteiger partial charge in [-0.3, -0.25) is 0 Å². The minimum absolute atomic E-state index is 0.170. The van der Waals surface area contributed by atoms with Gasteiger partial charge < -0.3 is 0 Å². The standard InChI is InChI=1S/C21H25.C10H15.Zr/c1-20(2,3)16-9-7-14-11-15-8-10-17(21(4,5)6)13-19(15)18(14)12-16;1-8-5-6-9(7-8)10(2,3)4;/h7-13H,1-6H3;6-8H,1-4H3;. The van der Waals surface area contributed by atoms with Crippen molar-refractivity contribution < 1.29 is 23.2 Å². The Bertz CT molecular complexity index is 1040. The molecular weight excluding hydrogens is 464 g/mol. The van der Waals surface area contributed by atoms with Crippen LogP contribution in [0.2, 0.25) is 0 Å². The molecule has 0 saturated heterocycles. The maximum atomic E-state index is 2.57. The summed E-state index contributed by atoms with van der Waals surface area (Å²) in [4.78, 5) is 0. The summed E-state index contributed by atoms with van der Waals surface area (Å²) in [6.45, 7) is 23.4. The molecule has 1 atom stereocenters. The SMILES string of the molecule is CC1C=C(C(C)(C)C)C=[C]1[Zr][CH]1c2ccc(C(C)(C)C)cc2-c2cc(C(C)(C)C)ccc21. The third-order valence-corrected chi connectivity index (χ3v) is 11.7. The molecule has 0 bridgehead atoms. The van der Waals surface area contributed by atoms with Crippen LogP contribution in [-0.2, 0) is 34.1 Å². The topological polar surface area (TPSA) is 0 Å². The number of benzene rings is 2. The molecule has 0 amide bonds. The first-order chi connectivity index (χ1) is 14.7. The van der Waals surface area contributed by atoms with Crippen molar-refractivity contribution in [1.82, 2.24) is 0 Å². The molecule has 32 heavy (non-hydrogen) atoms. The van der Waals surface area contributed by atoms with Crippen molar-refractivity contribution in [2.24, 2.45) is 11.3 Å². The number of hydrogen-bond donors (Lipinski definition) is 0. The van der Waals surface area contributed by atoms with E-state index in [9.17, 15) is 0 Å². The van der Waals surface area contributed by atoms with Gasteiger partial charge in [0.05, 0.1) is 0 Å². The van der Waals surface area contributed by atoms with Crippen LogP contribution in [0.3, 0.4) is 0 Å². The van der Waals surface area contributed by atoms with Gasteiger partial charge in [0.15, 0.2) is 0 Å². The molecule has 1 unspecified atom stereocenters. The average molecular weight is 504 g/mol. The van der Waals surface area contributed by atoms with E-state index in [1.54, 1.807) is 14.4 Å². The molecule has 1 heteroatoms. The van der Waals surface area contributed by atoms with Crippen LogP contribution in [0.1, 0.15) is 95.1 Å². The van der Waals surface area contributed by atoms with Crippen molar-refractivity contribution in [2.75, 3.05) is 0 Å². The molecule has 0 nitrogen and oxygen atoms in total. The summed E-state index contributed by atoms with van der Waals surface area (Å²) in [5, 5.41) is 0. The number of fused-ring (bicyclic) bond motifs is 3. The van der Waals surface area contributed by atoms with Gasteiger partial charge in [-0.2, -0.15) is 0 Å². The molecule has 0 aromatic heterocycles. The fraction of sp³-hybridized carbons (Fsp3) is 0.484. The van der Waals surface area contributed by atoms with Crippen LogP contribution >= 0.6 is 0 Å². The van der Waals surface area contributed by atoms with Crippen molar-refractivity contribution in [3.8, 4) is 11.1 Å². The Morgan fingerprint density at radius 1 is 0.656 bits per heavy atom. The summed E-state index contributed by atoms with van der Waals surface area (Å²) in [5.74, 6) is 0.603. The molecular formula is C31H40Zr. The molecule has 4 rings (SSSR count). The van der Waals surface area contributed by atoms with Gasteiger partial charge in [-0.25, -0.2) is 0 Å². The molecule has 2 aromatic carbocycles. The molecule has 2 aliphatic rings. The second-order valence-electron chi connectivity index (χ2n) is 12.9. The normalized spacial score (nSPS) is 18.9. The molecule has 2 aromatic rings. The van der Waals surface area contributed by atoms with Gasteiger partial charge in [-0.15, -0.1) is 0 Å². The van der Waals surface area contributed by atoms with Crippen LogP contribution in [-0.4, -0.2) is 0 Å². The van der Waals surface area contributed by atoms with E-state index >= 15 is 0 Å². The fourth-order valence-corrected chi connectivity index (χ4v) is 9.11. The molecule has 0 saturated carbocycles. The second-order valence-corrected chi connectivity index (χ2v) is 16.5. The maximum absolute atomic E-state index is 2.57. The van der Waals surface area contributed by atoms with E-state index in [0.29, 0.717) is 9.54 Å². The van der Waals surface area contributed by atoms with Crippen molar-refractivity contribution in [1.29, 1.82) is 0 Å². The molecule has 168 valence electrons. The van der Waals surface area contributed by atoms with E-state index in [1.165, 1.54) is 27.8 Å². The van der Waals surface area contributed by atoms with Crippen LogP contribution in [0.4, 0.5) is 0 Å². The molecule has 2 aliphatic carbocycles. The first-order valence-corrected chi connectivity index (χ1v) is 14.8. The average Bonchev–Trinajstić information content (AvgIpc) is 3.18. The van der Waals surface area contributed by atoms with Crippen molar-refractivity contribution in [2.45, 2.75) is 83.7 Å². The van der Waals surface area contributed by atoms with Crippen molar-refractivity contribution in [3.63, 3.8) is 0 Å². The van der Waals surface area contributed by atoms with E-state index < -0.39 is 23.2 Å². The summed E-state index contributed by atoms with van der Waals surface area (Å²) in [7, 11) is 0. The Morgan fingerprint density at radius 2 is 1.12 bits per heavy atom. The number of allylic oxidation sites excluding steroid dienone is 4. The Hall–Kier alpha value is -1.20. The molecule has 0 fully saturated rings. The predicted molar refractivity (Wildman–Crippen MR) is 136 cm³/mol. The molecule has 0 aliphatic heterocycles. The van der Waals surface area contributed by atoms with Crippen LogP contribution in [0.5, 0.6) is 0 Å². The zero-order valence-corrected chi connectivity index (χ0v) is 24.2. The Kier molecular flexibility index (Phi) is 5.94. The summed E-state index contributed by atoms with van der Waals surface area (Å²) >= 11 is -0.830. The van der Waals surface area contributed by atoms with Crippen LogP contribution in [0.25, 0.3) is 11.1 Å². The Morgan fingerprint density at radius 3 is 1.50 bits per heavy atom. The van der Waals surface area contributed by atoms with Crippen molar-refractivity contribution in [3.05, 3.63) is 79.7 Å². The fourth-order valence-electron chi connectivity index (χ4n) is 4.85. The predicted octanol–water partition coefficient (Wildman–Crippen LogP) is 8.94. The molecule has 0 heterocycles. The third kappa shape index (κ3) is 4.44. The quantitative estimate of drug-likeness (QED) is 0.384. The number of rotatable bonds is 2. The van der Waals surface area contributed by atoms with Gasteiger partial charge in [0.25, 0.3) is 0 Å². The summed E-state index contributed by atoms with van der Waals surface area (Å²) in [5.41, 5.74) is 11.2. The van der Waals surface area contributed by atoms with Gasteiger partial charge in [-0.1, -0.05) is 0 Å². The first-order valence-electron chi connectivity index (χ1n) is 12.2. The van der Waals surface area contributed by atoms with Gasteiger partial charge in [0, 0.05) is 0 Å². The van der Waals surface area contributed by atoms with E-state index in [4.69, 9.17) is 0 Å². The van der Waals surface area contributed by atoms with E-state index in [2.05, 4.69) is 118 Å². The zero-order valence-electron chi connectivity index (χ0n) is 21.8. The van der Waals surface area contributed by atoms with Gasteiger partial charge in [-0.05, 0) is 0 Å². The van der Waals surface area contributed by atoms with Crippen LogP contribution in [0.15, 0.2) is 57.4 Å². The van der Waals surface area contributed by atoms with E-state index in [-0.39, 0.29) is 16.2 Å². The summed E-state index contributed by atoms with van der Waals surface area (Å²) in [6, 6.07) is 14.7. The zero-order chi connectivity index (χ0) is 23.6. The van der Waals surface area contributed by atoms with Crippen LogP contribution in [0, 0.1) is 11.3 Å². The second kappa shape index (κ2) is 7.94.